The average Bonchev–Trinajstić information content (AvgIpc) is 2.52. The van der Waals surface area contributed by atoms with Crippen LogP contribution < -0.4 is 10.3 Å². The molecule has 0 aromatic heterocycles. The van der Waals surface area contributed by atoms with Gasteiger partial charge in [0.15, 0.2) is 0 Å². The largest absolute Gasteiger partial charge is 0.273 e. The Morgan fingerprint density at radius 3 is 2.35 bits per heavy atom. The second-order valence-electron chi connectivity index (χ2n) is 4.32. The molecule has 2 aromatic rings. The molecule has 0 radical (unpaired) electrons. The molecule has 0 atom stereocenters. The summed E-state index contributed by atoms with van der Waals surface area (Å²) in [6.07, 6.45) is 0. The third kappa shape index (κ3) is 4.34. The van der Waals surface area contributed by atoms with E-state index in [1.54, 1.807) is 12.1 Å². The molecule has 2 aromatic carbocycles. The maximum absolute atomic E-state index is 12.0. The fourth-order valence-corrected chi connectivity index (χ4v) is 2.86. The number of non-ortho nitro benzene ring substituents is 1. The van der Waals surface area contributed by atoms with Crippen LogP contribution in [0.4, 0.5) is 5.69 Å². The quantitative estimate of drug-likeness (QED) is 0.588. The number of nitro groups is 1. The molecule has 10 heteroatoms. The Morgan fingerprint density at radius 1 is 1.13 bits per heavy atom. The molecular formula is C13H10BrN3O5S. The van der Waals surface area contributed by atoms with Gasteiger partial charge < -0.3 is 0 Å². The molecule has 0 aliphatic carbocycles. The van der Waals surface area contributed by atoms with Crippen LogP contribution in [0.3, 0.4) is 0 Å². The smallest absolute Gasteiger partial charge is 0.269 e. The first-order chi connectivity index (χ1) is 10.8. The second kappa shape index (κ2) is 6.86. The van der Waals surface area contributed by atoms with Crippen LogP contribution in [0.15, 0.2) is 57.9 Å². The second-order valence-corrected chi connectivity index (χ2v) is 6.92. The molecule has 120 valence electrons. The fourth-order valence-electron chi connectivity index (χ4n) is 1.62. The first-order valence-electron chi connectivity index (χ1n) is 6.12. The SMILES string of the molecule is O=C(NNS(=O)(=O)c1ccc([N+](=O)[O-])cc1)c1cccc(Br)c1. The van der Waals surface area contributed by atoms with E-state index < -0.39 is 20.9 Å². The molecule has 0 aliphatic rings. The van der Waals surface area contributed by atoms with Gasteiger partial charge in [-0.3, -0.25) is 20.3 Å². The van der Waals surface area contributed by atoms with Gasteiger partial charge in [0, 0.05) is 22.2 Å². The van der Waals surface area contributed by atoms with Crippen LogP contribution in [-0.2, 0) is 10.0 Å². The number of hydrogen-bond acceptors (Lipinski definition) is 5. The molecule has 8 nitrogen and oxygen atoms in total. The molecule has 0 heterocycles. The molecule has 0 saturated carbocycles. The van der Waals surface area contributed by atoms with Crippen LogP contribution >= 0.6 is 15.9 Å². The molecule has 0 bridgehead atoms. The van der Waals surface area contributed by atoms with E-state index in [0.717, 1.165) is 24.3 Å². The Kier molecular flexibility index (Phi) is 5.08. The van der Waals surface area contributed by atoms with Crippen molar-refractivity contribution in [2.24, 2.45) is 0 Å². The standard InChI is InChI=1S/C13H10BrN3O5S/c14-10-3-1-2-9(8-10)13(18)15-16-23(21,22)12-6-4-11(5-7-12)17(19)20/h1-8,16H,(H,15,18). The van der Waals surface area contributed by atoms with E-state index in [2.05, 4.69) is 21.4 Å². The molecule has 2 rings (SSSR count). The van der Waals surface area contributed by atoms with Gasteiger partial charge in [0.25, 0.3) is 21.6 Å². The van der Waals surface area contributed by atoms with Crippen molar-refractivity contribution in [2.45, 2.75) is 4.90 Å². The number of nitrogens with zero attached hydrogens (tertiary/aromatic N) is 1. The highest BCUT2D eigenvalue weighted by Crippen LogP contribution is 2.15. The molecule has 0 spiro atoms. The van der Waals surface area contributed by atoms with E-state index in [1.165, 1.54) is 12.1 Å². The van der Waals surface area contributed by atoms with Crippen molar-refractivity contribution in [1.29, 1.82) is 0 Å². The van der Waals surface area contributed by atoms with Crippen molar-refractivity contribution in [3.63, 3.8) is 0 Å². The molecule has 2 N–H and O–H groups in total. The lowest BCUT2D eigenvalue weighted by atomic mass is 10.2. The minimum atomic E-state index is -4.03. The predicted octanol–water partition coefficient (Wildman–Crippen LogP) is 1.98. The zero-order valence-electron chi connectivity index (χ0n) is 11.4. The van der Waals surface area contributed by atoms with Gasteiger partial charge in [0.05, 0.1) is 9.82 Å². The van der Waals surface area contributed by atoms with E-state index in [9.17, 15) is 23.3 Å². The summed E-state index contributed by atoms with van der Waals surface area (Å²) < 4.78 is 24.7. The Labute approximate surface area is 139 Å². The predicted molar refractivity (Wildman–Crippen MR) is 85.0 cm³/mol. The summed E-state index contributed by atoms with van der Waals surface area (Å²) in [6, 6.07) is 10.7. The Hall–Kier alpha value is -2.30. The minimum absolute atomic E-state index is 0.211. The highest BCUT2D eigenvalue weighted by molar-refractivity contribution is 9.10. The number of halogens is 1. The van der Waals surface area contributed by atoms with Crippen molar-refractivity contribution in [1.82, 2.24) is 10.3 Å². The van der Waals surface area contributed by atoms with E-state index >= 15 is 0 Å². The van der Waals surface area contributed by atoms with E-state index in [0.29, 0.717) is 4.47 Å². The average molecular weight is 400 g/mol. The summed E-state index contributed by atoms with van der Waals surface area (Å²) in [6.45, 7) is 0. The lowest BCUT2D eigenvalue weighted by Crippen LogP contribution is -2.41. The van der Waals surface area contributed by atoms with Crippen LogP contribution in [0.2, 0.25) is 0 Å². The lowest BCUT2D eigenvalue weighted by molar-refractivity contribution is -0.384. The summed E-state index contributed by atoms with van der Waals surface area (Å²) in [5.74, 6) is -0.642. The van der Waals surface area contributed by atoms with Crippen LogP contribution in [0, 0.1) is 10.1 Å². The van der Waals surface area contributed by atoms with Crippen molar-refractivity contribution >= 4 is 37.5 Å². The lowest BCUT2D eigenvalue weighted by Gasteiger charge is -2.08. The van der Waals surface area contributed by atoms with Gasteiger partial charge >= 0.3 is 0 Å². The highest BCUT2D eigenvalue weighted by Gasteiger charge is 2.17. The number of benzene rings is 2. The van der Waals surface area contributed by atoms with Gasteiger partial charge in [-0.15, -0.1) is 4.83 Å². The van der Waals surface area contributed by atoms with Gasteiger partial charge in [-0.05, 0) is 30.3 Å². The maximum atomic E-state index is 12.0. The summed E-state index contributed by atoms with van der Waals surface area (Å²) in [5.41, 5.74) is 2.09. The zero-order chi connectivity index (χ0) is 17.0. The Bertz CT molecular complexity index is 852. The summed E-state index contributed by atoms with van der Waals surface area (Å²) in [7, 11) is -4.03. The van der Waals surface area contributed by atoms with Crippen molar-refractivity contribution < 1.29 is 18.1 Å². The number of carbonyl (C=O) groups is 1. The van der Waals surface area contributed by atoms with Gasteiger partial charge in [-0.2, -0.15) is 0 Å². The summed E-state index contributed by atoms with van der Waals surface area (Å²) >= 11 is 3.20. The Balaban J connectivity index is 2.09. The van der Waals surface area contributed by atoms with E-state index in [-0.39, 0.29) is 16.1 Å². The van der Waals surface area contributed by atoms with Gasteiger partial charge in [-0.1, -0.05) is 22.0 Å². The van der Waals surface area contributed by atoms with E-state index in [4.69, 9.17) is 0 Å². The van der Waals surface area contributed by atoms with Crippen LogP contribution in [0.25, 0.3) is 0 Å². The number of nitrogens with one attached hydrogen (secondary N) is 2. The number of sulfonamides is 1. The summed E-state index contributed by atoms with van der Waals surface area (Å²) in [5, 5.41) is 10.5. The minimum Gasteiger partial charge on any atom is -0.273 e. The molecule has 1 amide bonds. The first-order valence-corrected chi connectivity index (χ1v) is 8.39. The number of rotatable bonds is 5. The fraction of sp³-hybridized carbons (Fsp3) is 0. The third-order valence-electron chi connectivity index (χ3n) is 2.74. The summed E-state index contributed by atoms with van der Waals surface area (Å²) in [4.78, 5) is 23.5. The molecular weight excluding hydrogens is 390 g/mol. The maximum Gasteiger partial charge on any atom is 0.269 e. The third-order valence-corrected chi connectivity index (χ3v) is 4.50. The number of amides is 1. The zero-order valence-corrected chi connectivity index (χ0v) is 13.8. The molecule has 0 saturated heterocycles. The normalized spacial score (nSPS) is 11.0. The number of hydrazine groups is 1. The molecule has 0 fully saturated rings. The Morgan fingerprint density at radius 2 is 1.78 bits per heavy atom. The van der Waals surface area contributed by atoms with Gasteiger partial charge in [0.2, 0.25) is 0 Å². The van der Waals surface area contributed by atoms with E-state index in [1.807, 2.05) is 4.83 Å². The first kappa shape index (κ1) is 17.1. The van der Waals surface area contributed by atoms with Crippen LogP contribution in [0.1, 0.15) is 10.4 Å². The number of carbonyl (C=O) groups excluding carboxylic acids is 1. The topological polar surface area (TPSA) is 118 Å². The molecule has 0 aliphatic heterocycles. The van der Waals surface area contributed by atoms with Crippen LogP contribution in [0.5, 0.6) is 0 Å². The molecule has 0 unspecified atom stereocenters. The van der Waals surface area contributed by atoms with Gasteiger partial charge in [-0.25, -0.2) is 8.42 Å². The monoisotopic (exact) mass is 399 g/mol. The number of hydrogen-bond donors (Lipinski definition) is 2. The molecule has 23 heavy (non-hydrogen) atoms. The highest BCUT2D eigenvalue weighted by atomic mass is 79.9. The van der Waals surface area contributed by atoms with Gasteiger partial charge in [0.1, 0.15) is 0 Å². The van der Waals surface area contributed by atoms with Crippen molar-refractivity contribution in [3.05, 3.63) is 68.7 Å². The van der Waals surface area contributed by atoms with Crippen molar-refractivity contribution in [3.8, 4) is 0 Å². The van der Waals surface area contributed by atoms with Crippen molar-refractivity contribution in [2.75, 3.05) is 0 Å². The number of nitro benzene ring substituents is 1. The van der Waals surface area contributed by atoms with Crippen LogP contribution in [-0.4, -0.2) is 19.2 Å².